The van der Waals surface area contributed by atoms with Gasteiger partial charge in [0.15, 0.2) is 5.88 Å². The first-order valence-corrected chi connectivity index (χ1v) is 14.8. The fourth-order valence-electron chi connectivity index (χ4n) is 5.72. The van der Waals surface area contributed by atoms with Gasteiger partial charge in [0, 0.05) is 32.2 Å². The molecule has 0 atom stereocenters. The smallest absolute Gasteiger partial charge is 0.416 e. The van der Waals surface area contributed by atoms with Gasteiger partial charge in [0.25, 0.3) is 11.8 Å². The van der Waals surface area contributed by atoms with Crippen LogP contribution < -0.4 is 15.5 Å². The molecule has 8 nitrogen and oxygen atoms in total. The Morgan fingerprint density at radius 3 is 2.41 bits per heavy atom. The maximum Gasteiger partial charge on any atom is 0.416 e. The van der Waals surface area contributed by atoms with Gasteiger partial charge in [-0.15, -0.1) is 0 Å². The zero-order valence-electron chi connectivity index (χ0n) is 24.3. The van der Waals surface area contributed by atoms with Gasteiger partial charge in [0.05, 0.1) is 23.0 Å². The lowest BCUT2D eigenvalue weighted by Gasteiger charge is -2.33. The van der Waals surface area contributed by atoms with Crippen LogP contribution in [0.2, 0.25) is 0 Å². The molecule has 0 bridgehead atoms. The summed E-state index contributed by atoms with van der Waals surface area (Å²) >= 11 is 0. The maximum atomic E-state index is 14.3. The monoisotopic (exact) mass is 613 g/mol. The number of hydrogen-bond acceptors (Lipinski definition) is 6. The number of pyridine rings is 1. The molecule has 2 aromatic rings. The number of amides is 2. The van der Waals surface area contributed by atoms with Crippen molar-refractivity contribution in [3.05, 3.63) is 83.3 Å². The SMILES string of the molecule is C=Cc1cccc(F)c1C(=O)NC1CCN(c2ccc(NC(=O)C3=C(C(F)(F)F)CCC=C(N4CCCCC4)O3)cn2)CC1. The molecule has 44 heavy (non-hydrogen) atoms. The number of halogens is 4. The second-order valence-electron chi connectivity index (χ2n) is 11.0. The Labute approximate surface area is 253 Å². The summed E-state index contributed by atoms with van der Waals surface area (Å²) in [6.07, 6.45) is 3.57. The Hall–Kier alpha value is -4.35. The third-order valence-electron chi connectivity index (χ3n) is 8.06. The van der Waals surface area contributed by atoms with Gasteiger partial charge in [-0.2, -0.15) is 13.2 Å². The van der Waals surface area contributed by atoms with Gasteiger partial charge >= 0.3 is 6.18 Å². The molecule has 0 aliphatic carbocycles. The zero-order chi connectivity index (χ0) is 31.3. The van der Waals surface area contributed by atoms with Crippen LogP contribution in [0.4, 0.5) is 29.1 Å². The van der Waals surface area contributed by atoms with E-state index in [1.165, 1.54) is 24.4 Å². The van der Waals surface area contributed by atoms with Crippen LogP contribution in [-0.4, -0.2) is 60.1 Å². The van der Waals surface area contributed by atoms with E-state index in [-0.39, 0.29) is 36.0 Å². The number of benzene rings is 1. The lowest BCUT2D eigenvalue weighted by molar-refractivity contribution is -0.119. The Bertz CT molecular complexity index is 1440. The summed E-state index contributed by atoms with van der Waals surface area (Å²) in [7, 11) is 0. The number of alkyl halides is 3. The number of carbonyl (C=O) groups is 2. The standard InChI is InChI=1S/C32H35F4N5O3/c1-2-21-8-6-10-25(33)28(21)30(42)38-22-14-18-40(19-15-22)26-13-12-23(20-37-26)39-31(43)29-24(32(34,35)36)9-7-11-27(44-29)41-16-4-3-5-17-41/h2,6,8,10-13,20,22H,1,3-5,7,9,14-19H2,(H,38,42)(H,39,43). The summed E-state index contributed by atoms with van der Waals surface area (Å²) in [5.74, 6) is -1.92. The van der Waals surface area contributed by atoms with E-state index in [9.17, 15) is 27.2 Å². The second kappa shape index (κ2) is 13.5. The van der Waals surface area contributed by atoms with E-state index in [0.29, 0.717) is 50.4 Å². The van der Waals surface area contributed by atoms with Crippen LogP contribution in [0.5, 0.6) is 0 Å². The van der Waals surface area contributed by atoms with E-state index in [0.717, 1.165) is 19.3 Å². The van der Waals surface area contributed by atoms with E-state index in [4.69, 9.17) is 4.74 Å². The lowest BCUT2D eigenvalue weighted by atomic mass is 10.0. The molecule has 3 aliphatic heterocycles. The molecule has 12 heteroatoms. The van der Waals surface area contributed by atoms with E-state index in [1.807, 2.05) is 9.80 Å². The number of likely N-dealkylation sites (tertiary alicyclic amines) is 1. The van der Waals surface area contributed by atoms with E-state index in [2.05, 4.69) is 22.2 Å². The summed E-state index contributed by atoms with van der Waals surface area (Å²) in [6, 6.07) is 7.49. The van der Waals surface area contributed by atoms with Crippen LogP contribution in [0.15, 0.2) is 66.4 Å². The van der Waals surface area contributed by atoms with Gasteiger partial charge in [-0.3, -0.25) is 9.59 Å². The molecule has 5 rings (SSSR count). The molecule has 3 aliphatic rings. The third-order valence-corrected chi connectivity index (χ3v) is 8.06. The molecule has 0 radical (unpaired) electrons. The summed E-state index contributed by atoms with van der Waals surface area (Å²) in [6.45, 7) is 6.11. The highest BCUT2D eigenvalue weighted by molar-refractivity contribution is 6.03. The van der Waals surface area contributed by atoms with Crippen molar-refractivity contribution in [1.82, 2.24) is 15.2 Å². The molecule has 2 amide bonds. The predicted octanol–water partition coefficient (Wildman–Crippen LogP) is 6.16. The average Bonchev–Trinajstić information content (AvgIpc) is 3.26. The van der Waals surface area contributed by atoms with Crippen LogP contribution in [0.25, 0.3) is 6.08 Å². The number of anilines is 2. The molecule has 0 unspecified atom stereocenters. The Morgan fingerprint density at radius 1 is 1.00 bits per heavy atom. The van der Waals surface area contributed by atoms with Gasteiger partial charge in [-0.05, 0) is 74.8 Å². The van der Waals surface area contributed by atoms with E-state index >= 15 is 0 Å². The van der Waals surface area contributed by atoms with Crippen LogP contribution in [0.1, 0.15) is 60.9 Å². The van der Waals surface area contributed by atoms with Crippen LogP contribution >= 0.6 is 0 Å². The Balaban J connectivity index is 1.20. The number of rotatable bonds is 7. The highest BCUT2D eigenvalue weighted by atomic mass is 19.4. The fraction of sp³-hybridized carbons (Fsp3) is 0.406. The number of carbonyl (C=O) groups excluding carboxylic acids is 2. The van der Waals surface area contributed by atoms with Gasteiger partial charge in [-0.25, -0.2) is 9.37 Å². The van der Waals surface area contributed by atoms with Crippen molar-refractivity contribution in [3.63, 3.8) is 0 Å². The van der Waals surface area contributed by atoms with Gasteiger partial charge < -0.3 is 25.2 Å². The highest BCUT2D eigenvalue weighted by Gasteiger charge is 2.40. The summed E-state index contributed by atoms with van der Waals surface area (Å²) in [5, 5.41) is 5.42. The number of piperidine rings is 2. The van der Waals surface area contributed by atoms with Crippen molar-refractivity contribution in [2.75, 3.05) is 36.4 Å². The van der Waals surface area contributed by atoms with Crippen molar-refractivity contribution in [2.45, 2.75) is 57.2 Å². The number of aromatic nitrogens is 1. The first-order chi connectivity index (χ1) is 21.1. The predicted molar refractivity (Wildman–Crippen MR) is 159 cm³/mol. The van der Waals surface area contributed by atoms with Crippen molar-refractivity contribution >= 4 is 29.4 Å². The van der Waals surface area contributed by atoms with E-state index in [1.54, 1.807) is 24.3 Å². The van der Waals surface area contributed by atoms with Crippen LogP contribution in [-0.2, 0) is 9.53 Å². The largest absolute Gasteiger partial charge is 0.435 e. The van der Waals surface area contributed by atoms with Crippen molar-refractivity contribution in [1.29, 1.82) is 0 Å². The number of ether oxygens (including phenoxy) is 1. The highest BCUT2D eigenvalue weighted by Crippen LogP contribution is 2.36. The van der Waals surface area contributed by atoms with Crippen molar-refractivity contribution < 1.29 is 31.9 Å². The lowest BCUT2D eigenvalue weighted by Crippen LogP contribution is -2.45. The Morgan fingerprint density at radius 2 is 1.75 bits per heavy atom. The maximum absolute atomic E-state index is 14.3. The molecule has 4 heterocycles. The molecule has 1 aromatic heterocycles. The van der Waals surface area contributed by atoms with Crippen molar-refractivity contribution in [3.8, 4) is 0 Å². The second-order valence-corrected chi connectivity index (χ2v) is 11.0. The number of hydrogen-bond donors (Lipinski definition) is 2. The van der Waals surface area contributed by atoms with Gasteiger partial charge in [-0.1, -0.05) is 24.8 Å². The number of nitrogens with zero attached hydrogens (tertiary/aromatic N) is 3. The molecule has 2 N–H and O–H groups in total. The zero-order valence-corrected chi connectivity index (χ0v) is 24.3. The first-order valence-electron chi connectivity index (χ1n) is 14.8. The molecule has 234 valence electrons. The molecular formula is C32H35F4N5O3. The van der Waals surface area contributed by atoms with Gasteiger partial charge in [0.2, 0.25) is 5.76 Å². The molecule has 0 saturated carbocycles. The van der Waals surface area contributed by atoms with Crippen molar-refractivity contribution in [2.24, 2.45) is 0 Å². The minimum Gasteiger partial charge on any atom is -0.435 e. The number of allylic oxidation sites excluding steroid dienone is 2. The van der Waals surface area contributed by atoms with E-state index < -0.39 is 35.1 Å². The molecular weight excluding hydrogens is 578 g/mol. The topological polar surface area (TPSA) is 86.8 Å². The first kappa shape index (κ1) is 31.1. The fourth-order valence-corrected chi connectivity index (χ4v) is 5.72. The normalized spacial score (nSPS) is 18.2. The third kappa shape index (κ3) is 7.23. The number of nitrogens with one attached hydrogen (secondary N) is 2. The van der Waals surface area contributed by atoms with Crippen LogP contribution in [0, 0.1) is 5.82 Å². The summed E-state index contributed by atoms with van der Waals surface area (Å²) in [5.41, 5.74) is -0.371. The van der Waals surface area contributed by atoms with Crippen LogP contribution in [0.3, 0.4) is 0 Å². The minimum atomic E-state index is -4.71. The summed E-state index contributed by atoms with van der Waals surface area (Å²) < 4.78 is 61.7. The Kier molecular flexibility index (Phi) is 9.55. The molecule has 1 aromatic carbocycles. The molecule has 0 spiro atoms. The summed E-state index contributed by atoms with van der Waals surface area (Å²) in [4.78, 5) is 34.2. The molecule has 2 saturated heterocycles. The average molecular weight is 614 g/mol. The van der Waals surface area contributed by atoms with Gasteiger partial charge in [0.1, 0.15) is 11.6 Å². The molecule has 2 fully saturated rings. The quantitative estimate of drug-likeness (QED) is 0.364. The minimum absolute atomic E-state index is 0.0321.